The lowest BCUT2D eigenvalue weighted by atomic mass is 9.99. The Morgan fingerprint density at radius 1 is 1.32 bits per heavy atom. The smallest absolute Gasteiger partial charge is 0.251 e. The van der Waals surface area contributed by atoms with Crippen molar-refractivity contribution in [3.63, 3.8) is 0 Å². The minimum atomic E-state index is 0.0406. The van der Waals surface area contributed by atoms with E-state index in [9.17, 15) is 4.79 Å². The quantitative estimate of drug-likeness (QED) is 0.869. The van der Waals surface area contributed by atoms with E-state index in [2.05, 4.69) is 43.1 Å². The van der Waals surface area contributed by atoms with Gasteiger partial charge < -0.3 is 5.32 Å². The molecule has 0 aromatic heterocycles. The third-order valence-electron chi connectivity index (χ3n) is 4.37. The molecule has 0 bridgehead atoms. The molecule has 1 aliphatic rings. The number of hydrogen-bond acceptors (Lipinski definition) is 2. The summed E-state index contributed by atoms with van der Waals surface area (Å²) in [5.41, 5.74) is 2.06. The molecule has 3 nitrogen and oxygen atoms in total. The molecule has 0 unspecified atom stereocenters. The topological polar surface area (TPSA) is 32.3 Å². The third-order valence-corrected chi connectivity index (χ3v) is 4.37. The van der Waals surface area contributed by atoms with Crippen molar-refractivity contribution in [1.29, 1.82) is 0 Å². The number of nitrogens with zero attached hydrogens (tertiary/aromatic N) is 1. The minimum absolute atomic E-state index is 0.0406. The first-order valence-electron chi connectivity index (χ1n) is 8.64. The number of hydrogen-bond donors (Lipinski definition) is 1. The van der Waals surface area contributed by atoms with Gasteiger partial charge in [0.15, 0.2) is 0 Å². The number of benzene rings is 1. The summed E-state index contributed by atoms with van der Waals surface area (Å²) in [5, 5.41) is 2.99. The van der Waals surface area contributed by atoms with E-state index in [-0.39, 0.29) is 5.91 Å². The number of amides is 1. The Morgan fingerprint density at radius 2 is 2.05 bits per heavy atom. The molecule has 1 aromatic carbocycles. The van der Waals surface area contributed by atoms with E-state index >= 15 is 0 Å². The van der Waals surface area contributed by atoms with Gasteiger partial charge in [0.1, 0.15) is 0 Å². The number of carbonyl (C=O) groups excluding carboxylic acids is 1. The summed E-state index contributed by atoms with van der Waals surface area (Å²) in [6.45, 7) is 10.8. The molecule has 122 valence electrons. The molecule has 22 heavy (non-hydrogen) atoms. The first-order valence-corrected chi connectivity index (χ1v) is 8.64. The van der Waals surface area contributed by atoms with Crippen LogP contribution in [0.1, 0.15) is 56.0 Å². The number of likely N-dealkylation sites (tertiary alicyclic amines) is 1. The van der Waals surface area contributed by atoms with Crippen LogP contribution in [0.4, 0.5) is 0 Å². The zero-order valence-electron chi connectivity index (χ0n) is 14.3. The zero-order valence-corrected chi connectivity index (χ0v) is 14.3. The van der Waals surface area contributed by atoms with Crippen LogP contribution in [0.5, 0.6) is 0 Å². The molecule has 1 saturated heterocycles. The van der Waals surface area contributed by atoms with Gasteiger partial charge in [-0.1, -0.05) is 32.9 Å². The molecule has 1 aliphatic heterocycles. The van der Waals surface area contributed by atoms with Crippen LogP contribution < -0.4 is 5.32 Å². The van der Waals surface area contributed by atoms with Crippen molar-refractivity contribution in [2.24, 2.45) is 11.8 Å². The maximum Gasteiger partial charge on any atom is 0.251 e. The van der Waals surface area contributed by atoms with E-state index in [1.165, 1.54) is 31.5 Å². The fourth-order valence-electron chi connectivity index (χ4n) is 3.03. The number of rotatable bonds is 6. The summed E-state index contributed by atoms with van der Waals surface area (Å²) in [7, 11) is 0. The average Bonchev–Trinajstić information content (AvgIpc) is 2.47. The minimum Gasteiger partial charge on any atom is -0.352 e. The van der Waals surface area contributed by atoms with Crippen molar-refractivity contribution in [3.8, 4) is 0 Å². The second-order valence-electron chi connectivity index (χ2n) is 7.12. The number of carbonyl (C=O) groups is 1. The van der Waals surface area contributed by atoms with Gasteiger partial charge in [-0.2, -0.15) is 0 Å². The Kier molecular flexibility index (Phi) is 6.44. The molecule has 1 N–H and O–H groups in total. The highest BCUT2D eigenvalue weighted by Gasteiger charge is 2.16. The molecule has 0 aliphatic carbocycles. The summed E-state index contributed by atoms with van der Waals surface area (Å²) in [4.78, 5) is 14.6. The maximum absolute atomic E-state index is 12.0. The lowest BCUT2D eigenvalue weighted by molar-refractivity contribution is 0.0952. The summed E-state index contributed by atoms with van der Waals surface area (Å²) < 4.78 is 0. The van der Waals surface area contributed by atoms with E-state index in [1.807, 2.05) is 12.1 Å². The molecule has 1 atom stereocenters. The van der Waals surface area contributed by atoms with Crippen LogP contribution in [0.25, 0.3) is 0 Å². The predicted molar refractivity (Wildman–Crippen MR) is 91.9 cm³/mol. The van der Waals surface area contributed by atoms with Crippen LogP contribution in [0.3, 0.4) is 0 Å². The standard InChI is InChI=1S/C19H30N2O/c1-15(2)10-11-20-19(22)18-8-6-17(7-9-18)14-21-12-4-5-16(3)13-21/h6-9,15-16H,4-5,10-14H2,1-3H3,(H,20,22)/t16-/m1/s1. The summed E-state index contributed by atoms with van der Waals surface area (Å²) in [6.07, 6.45) is 3.68. The van der Waals surface area contributed by atoms with Crippen LogP contribution in [-0.2, 0) is 6.54 Å². The van der Waals surface area contributed by atoms with Crippen LogP contribution in [0.15, 0.2) is 24.3 Å². The number of piperidine rings is 1. The van der Waals surface area contributed by atoms with Gasteiger partial charge in [0.25, 0.3) is 5.91 Å². The zero-order chi connectivity index (χ0) is 15.9. The van der Waals surface area contributed by atoms with Crippen molar-refractivity contribution in [2.75, 3.05) is 19.6 Å². The molecule has 2 rings (SSSR count). The lowest BCUT2D eigenvalue weighted by Crippen LogP contribution is -2.33. The highest BCUT2D eigenvalue weighted by Crippen LogP contribution is 2.18. The second-order valence-corrected chi connectivity index (χ2v) is 7.12. The Hall–Kier alpha value is -1.35. The molecular weight excluding hydrogens is 272 g/mol. The van der Waals surface area contributed by atoms with Crippen LogP contribution in [0, 0.1) is 11.8 Å². The molecule has 1 amide bonds. The molecule has 1 heterocycles. The fraction of sp³-hybridized carbons (Fsp3) is 0.632. The Labute approximate surface area is 135 Å². The van der Waals surface area contributed by atoms with Crippen LogP contribution in [-0.4, -0.2) is 30.4 Å². The van der Waals surface area contributed by atoms with Gasteiger partial charge in [0.2, 0.25) is 0 Å². The molecule has 1 fully saturated rings. The predicted octanol–water partition coefficient (Wildman–Crippen LogP) is 3.69. The highest BCUT2D eigenvalue weighted by atomic mass is 16.1. The van der Waals surface area contributed by atoms with E-state index in [4.69, 9.17) is 0 Å². The van der Waals surface area contributed by atoms with Crippen LogP contribution in [0.2, 0.25) is 0 Å². The summed E-state index contributed by atoms with van der Waals surface area (Å²) >= 11 is 0. The number of nitrogens with one attached hydrogen (secondary N) is 1. The third kappa shape index (κ3) is 5.45. The largest absolute Gasteiger partial charge is 0.352 e. The van der Waals surface area contributed by atoms with E-state index < -0.39 is 0 Å². The molecular formula is C19H30N2O. The normalized spacial score (nSPS) is 19.4. The Bertz CT molecular complexity index is 467. The van der Waals surface area contributed by atoms with Gasteiger partial charge in [-0.05, 0) is 55.3 Å². The highest BCUT2D eigenvalue weighted by molar-refractivity contribution is 5.94. The van der Waals surface area contributed by atoms with Gasteiger partial charge in [-0.3, -0.25) is 9.69 Å². The van der Waals surface area contributed by atoms with Crippen molar-refractivity contribution >= 4 is 5.91 Å². The lowest BCUT2D eigenvalue weighted by Gasteiger charge is -2.30. The van der Waals surface area contributed by atoms with Crippen molar-refractivity contribution in [1.82, 2.24) is 10.2 Å². The fourth-order valence-corrected chi connectivity index (χ4v) is 3.03. The van der Waals surface area contributed by atoms with Crippen molar-refractivity contribution in [3.05, 3.63) is 35.4 Å². The average molecular weight is 302 g/mol. The van der Waals surface area contributed by atoms with E-state index in [1.54, 1.807) is 0 Å². The SMILES string of the molecule is CC(C)CCNC(=O)c1ccc(CN2CCC[C@@H](C)C2)cc1. The molecule has 0 radical (unpaired) electrons. The summed E-state index contributed by atoms with van der Waals surface area (Å²) in [6, 6.07) is 8.09. The van der Waals surface area contributed by atoms with Crippen molar-refractivity contribution in [2.45, 2.75) is 46.6 Å². The molecule has 0 saturated carbocycles. The van der Waals surface area contributed by atoms with Gasteiger partial charge >= 0.3 is 0 Å². The monoisotopic (exact) mass is 302 g/mol. The van der Waals surface area contributed by atoms with Gasteiger partial charge in [0, 0.05) is 25.2 Å². The molecule has 3 heteroatoms. The van der Waals surface area contributed by atoms with Crippen molar-refractivity contribution < 1.29 is 4.79 Å². The first-order chi connectivity index (χ1) is 10.5. The van der Waals surface area contributed by atoms with E-state index in [0.29, 0.717) is 5.92 Å². The first kappa shape index (κ1) is 17.0. The van der Waals surface area contributed by atoms with Gasteiger partial charge in [-0.15, -0.1) is 0 Å². The molecule has 1 aromatic rings. The second kappa shape index (κ2) is 8.33. The van der Waals surface area contributed by atoms with Gasteiger partial charge in [0.05, 0.1) is 0 Å². The summed E-state index contributed by atoms with van der Waals surface area (Å²) in [5.74, 6) is 1.47. The van der Waals surface area contributed by atoms with E-state index in [0.717, 1.165) is 31.0 Å². The molecule has 0 spiro atoms. The van der Waals surface area contributed by atoms with Crippen LogP contribution >= 0.6 is 0 Å². The Morgan fingerprint density at radius 3 is 2.68 bits per heavy atom. The van der Waals surface area contributed by atoms with Gasteiger partial charge in [-0.25, -0.2) is 0 Å². The maximum atomic E-state index is 12.0. The Balaban J connectivity index is 1.83.